The molecule has 2 aliphatic rings. The first-order valence-corrected chi connectivity index (χ1v) is 10.5. The molecule has 1 heterocycles. The van der Waals surface area contributed by atoms with Crippen LogP contribution in [0.15, 0.2) is 24.3 Å². The second kappa shape index (κ2) is 10.7. The summed E-state index contributed by atoms with van der Waals surface area (Å²) in [6, 6.07) is 8.04. The van der Waals surface area contributed by atoms with Crippen LogP contribution in [0.2, 0.25) is 0 Å². The van der Waals surface area contributed by atoms with Gasteiger partial charge in [-0.25, -0.2) is 0 Å². The minimum absolute atomic E-state index is 0.119. The molecule has 1 saturated heterocycles. The Morgan fingerprint density at radius 1 is 1.19 bits per heavy atom. The van der Waals surface area contributed by atoms with Crippen LogP contribution in [-0.4, -0.2) is 50.3 Å². The monoisotopic (exact) mass is 374 g/mol. The van der Waals surface area contributed by atoms with Crippen molar-refractivity contribution in [2.75, 3.05) is 33.4 Å². The van der Waals surface area contributed by atoms with E-state index in [1.54, 1.807) is 7.11 Å². The van der Waals surface area contributed by atoms with Gasteiger partial charge >= 0.3 is 0 Å². The summed E-state index contributed by atoms with van der Waals surface area (Å²) in [5.74, 6) is 1.65. The molecule has 1 saturated carbocycles. The highest BCUT2D eigenvalue weighted by molar-refractivity contribution is 5.78. The van der Waals surface area contributed by atoms with E-state index in [2.05, 4.69) is 16.3 Å². The summed E-state index contributed by atoms with van der Waals surface area (Å²) in [6.07, 6.45) is 8.87. The highest BCUT2D eigenvalue weighted by atomic mass is 16.5. The van der Waals surface area contributed by atoms with Crippen molar-refractivity contribution in [1.82, 2.24) is 10.2 Å². The van der Waals surface area contributed by atoms with Crippen molar-refractivity contribution < 1.29 is 14.3 Å². The summed E-state index contributed by atoms with van der Waals surface area (Å²) in [7, 11) is 1.69. The smallest absolute Gasteiger partial charge is 0.234 e. The van der Waals surface area contributed by atoms with Gasteiger partial charge in [0.25, 0.3) is 0 Å². The number of nitrogens with one attached hydrogen (secondary N) is 1. The number of ether oxygens (including phenoxy) is 2. The molecule has 1 amide bonds. The number of carbonyl (C=O) groups is 1. The lowest BCUT2D eigenvalue weighted by Gasteiger charge is -2.26. The number of carbonyl (C=O) groups excluding carboxylic acids is 1. The number of benzene rings is 1. The molecule has 5 heteroatoms. The maximum atomic E-state index is 12.6. The lowest BCUT2D eigenvalue weighted by Crippen LogP contribution is -2.41. The van der Waals surface area contributed by atoms with Gasteiger partial charge in [-0.05, 0) is 37.7 Å². The fourth-order valence-electron chi connectivity index (χ4n) is 4.24. The summed E-state index contributed by atoms with van der Waals surface area (Å²) in [5, 5.41) is 3.17. The topological polar surface area (TPSA) is 50.8 Å². The Morgan fingerprint density at radius 3 is 2.74 bits per heavy atom. The van der Waals surface area contributed by atoms with Crippen LogP contribution in [0, 0.1) is 5.92 Å². The molecule has 27 heavy (non-hydrogen) atoms. The quantitative estimate of drug-likeness (QED) is 0.720. The van der Waals surface area contributed by atoms with Crippen LogP contribution in [0.1, 0.15) is 50.5 Å². The van der Waals surface area contributed by atoms with E-state index in [1.165, 1.54) is 32.1 Å². The molecule has 0 spiro atoms. The molecular weight excluding hydrogens is 340 g/mol. The van der Waals surface area contributed by atoms with Gasteiger partial charge in [-0.15, -0.1) is 0 Å². The van der Waals surface area contributed by atoms with Crippen molar-refractivity contribution in [3.05, 3.63) is 29.8 Å². The van der Waals surface area contributed by atoms with E-state index in [9.17, 15) is 4.79 Å². The molecule has 3 rings (SSSR count). The maximum Gasteiger partial charge on any atom is 0.234 e. The van der Waals surface area contributed by atoms with E-state index in [0.717, 1.165) is 43.9 Å². The SMILES string of the molecule is COc1ccccc1CN(CC(=O)NCC1CCCCC1)CC1CCCO1. The van der Waals surface area contributed by atoms with Crippen LogP contribution in [0.4, 0.5) is 0 Å². The van der Waals surface area contributed by atoms with Gasteiger partial charge < -0.3 is 14.8 Å². The van der Waals surface area contributed by atoms with E-state index in [1.807, 2.05) is 18.2 Å². The van der Waals surface area contributed by atoms with E-state index in [-0.39, 0.29) is 12.0 Å². The van der Waals surface area contributed by atoms with Crippen LogP contribution in [0.3, 0.4) is 0 Å². The Balaban J connectivity index is 1.56. The Labute approximate surface area is 163 Å². The van der Waals surface area contributed by atoms with Gasteiger partial charge in [0.2, 0.25) is 5.91 Å². The predicted molar refractivity (Wildman–Crippen MR) is 107 cm³/mol. The number of para-hydroxylation sites is 1. The summed E-state index contributed by atoms with van der Waals surface area (Å²) in [4.78, 5) is 14.8. The van der Waals surface area contributed by atoms with Crippen molar-refractivity contribution >= 4 is 5.91 Å². The Hall–Kier alpha value is -1.59. The van der Waals surface area contributed by atoms with Crippen LogP contribution in [0.25, 0.3) is 0 Å². The molecule has 1 unspecified atom stereocenters. The number of methoxy groups -OCH3 is 1. The Morgan fingerprint density at radius 2 is 2.00 bits per heavy atom. The largest absolute Gasteiger partial charge is 0.496 e. The zero-order chi connectivity index (χ0) is 18.9. The van der Waals surface area contributed by atoms with Gasteiger partial charge in [0.15, 0.2) is 0 Å². The molecule has 0 bridgehead atoms. The van der Waals surface area contributed by atoms with Gasteiger partial charge in [-0.2, -0.15) is 0 Å². The highest BCUT2D eigenvalue weighted by Gasteiger charge is 2.22. The Bertz CT molecular complexity index is 581. The number of rotatable bonds is 9. The number of hydrogen-bond donors (Lipinski definition) is 1. The van der Waals surface area contributed by atoms with E-state index < -0.39 is 0 Å². The molecule has 0 radical (unpaired) electrons. The summed E-state index contributed by atoms with van der Waals surface area (Å²) in [6.45, 7) is 3.54. The first-order valence-electron chi connectivity index (χ1n) is 10.5. The average molecular weight is 375 g/mol. The maximum absolute atomic E-state index is 12.6. The third kappa shape index (κ3) is 6.51. The van der Waals surface area contributed by atoms with Crippen LogP contribution in [-0.2, 0) is 16.1 Å². The van der Waals surface area contributed by atoms with Crippen LogP contribution in [0.5, 0.6) is 5.75 Å². The summed E-state index contributed by atoms with van der Waals surface area (Å²) < 4.78 is 11.3. The van der Waals surface area contributed by atoms with Gasteiger partial charge in [0, 0.05) is 31.8 Å². The third-order valence-corrected chi connectivity index (χ3v) is 5.75. The lowest BCUT2D eigenvalue weighted by molar-refractivity contribution is -0.123. The van der Waals surface area contributed by atoms with Gasteiger partial charge in [-0.3, -0.25) is 9.69 Å². The predicted octanol–water partition coefficient (Wildman–Crippen LogP) is 3.37. The van der Waals surface area contributed by atoms with Crippen LogP contribution < -0.4 is 10.1 Å². The molecule has 2 fully saturated rings. The number of nitrogens with zero attached hydrogens (tertiary/aromatic N) is 1. The van der Waals surface area contributed by atoms with E-state index in [4.69, 9.17) is 9.47 Å². The average Bonchev–Trinajstić information content (AvgIpc) is 3.20. The van der Waals surface area contributed by atoms with Gasteiger partial charge in [0.05, 0.1) is 19.8 Å². The van der Waals surface area contributed by atoms with Gasteiger partial charge in [-0.1, -0.05) is 37.5 Å². The number of amides is 1. The van der Waals surface area contributed by atoms with E-state index >= 15 is 0 Å². The Kier molecular flexibility index (Phi) is 7.96. The lowest BCUT2D eigenvalue weighted by atomic mass is 9.89. The molecule has 0 aromatic heterocycles. The fraction of sp³-hybridized carbons (Fsp3) is 0.682. The molecule has 1 N–H and O–H groups in total. The molecule has 1 aromatic carbocycles. The van der Waals surface area contributed by atoms with Crippen molar-refractivity contribution in [2.45, 2.75) is 57.6 Å². The third-order valence-electron chi connectivity index (χ3n) is 5.75. The van der Waals surface area contributed by atoms with Crippen molar-refractivity contribution in [1.29, 1.82) is 0 Å². The van der Waals surface area contributed by atoms with E-state index in [0.29, 0.717) is 19.0 Å². The first-order chi connectivity index (χ1) is 13.2. The van der Waals surface area contributed by atoms with Crippen molar-refractivity contribution in [3.8, 4) is 5.75 Å². The zero-order valence-electron chi connectivity index (χ0n) is 16.6. The van der Waals surface area contributed by atoms with Crippen molar-refractivity contribution in [3.63, 3.8) is 0 Å². The van der Waals surface area contributed by atoms with Crippen LogP contribution >= 0.6 is 0 Å². The van der Waals surface area contributed by atoms with Crippen molar-refractivity contribution in [2.24, 2.45) is 5.92 Å². The minimum atomic E-state index is 0.119. The number of hydrogen-bond acceptors (Lipinski definition) is 4. The molecular formula is C22H34N2O3. The minimum Gasteiger partial charge on any atom is -0.496 e. The second-order valence-corrected chi connectivity index (χ2v) is 7.92. The molecule has 1 aromatic rings. The first kappa shape index (κ1) is 20.2. The second-order valence-electron chi connectivity index (χ2n) is 7.92. The molecule has 5 nitrogen and oxygen atoms in total. The molecule has 150 valence electrons. The zero-order valence-corrected chi connectivity index (χ0v) is 16.6. The molecule has 1 aliphatic heterocycles. The highest BCUT2D eigenvalue weighted by Crippen LogP contribution is 2.23. The fourth-order valence-corrected chi connectivity index (χ4v) is 4.24. The normalized spacial score (nSPS) is 20.7. The standard InChI is InChI=1S/C22H34N2O3/c1-26-21-12-6-5-10-19(21)15-24(16-20-11-7-13-27-20)17-22(25)23-14-18-8-3-2-4-9-18/h5-6,10,12,18,20H,2-4,7-9,11,13-17H2,1H3,(H,23,25). The summed E-state index contributed by atoms with van der Waals surface area (Å²) in [5.41, 5.74) is 1.11. The molecule has 1 atom stereocenters. The molecule has 1 aliphatic carbocycles. The summed E-state index contributed by atoms with van der Waals surface area (Å²) >= 11 is 0. The van der Waals surface area contributed by atoms with Gasteiger partial charge in [0.1, 0.15) is 5.75 Å².